The van der Waals surface area contributed by atoms with Crippen molar-refractivity contribution in [2.45, 2.75) is 12.0 Å². The predicted molar refractivity (Wildman–Crippen MR) is 64.5 cm³/mol. The lowest BCUT2D eigenvalue weighted by Gasteiger charge is -2.39. The molecule has 1 aromatic rings. The van der Waals surface area contributed by atoms with Gasteiger partial charge in [-0.05, 0) is 27.6 Å². The molecule has 1 aromatic heterocycles. The minimum atomic E-state index is 0.342. The maximum atomic E-state index is 5.83. The Morgan fingerprint density at radius 1 is 1.67 bits per heavy atom. The van der Waals surface area contributed by atoms with E-state index in [1.165, 1.54) is 0 Å². The third-order valence-electron chi connectivity index (χ3n) is 2.57. The van der Waals surface area contributed by atoms with Crippen LogP contribution < -0.4 is 4.90 Å². The second-order valence-corrected chi connectivity index (χ2v) is 4.65. The summed E-state index contributed by atoms with van der Waals surface area (Å²) in [7, 11) is 1.74. The van der Waals surface area contributed by atoms with Gasteiger partial charge in [0.2, 0.25) is 0 Å². The van der Waals surface area contributed by atoms with Crippen LogP contribution in [0.15, 0.2) is 16.7 Å². The number of alkyl halides is 1. The molecule has 0 saturated carbocycles. The Hall–Kier alpha value is -0.320. The molecule has 0 aliphatic carbocycles. The van der Waals surface area contributed by atoms with Gasteiger partial charge in [0.05, 0.1) is 6.10 Å². The third kappa shape index (κ3) is 2.27. The van der Waals surface area contributed by atoms with E-state index in [0.717, 1.165) is 28.9 Å². The van der Waals surface area contributed by atoms with E-state index in [1.807, 2.05) is 6.07 Å². The number of halogens is 2. The second-order valence-electron chi connectivity index (χ2n) is 3.53. The number of ether oxygens (including phenoxy) is 1. The molecule has 5 heteroatoms. The predicted octanol–water partition coefficient (Wildman–Crippen LogP) is 2.42. The van der Waals surface area contributed by atoms with Gasteiger partial charge in [-0.3, -0.25) is 0 Å². The standard InChI is InChI=1S/C10H12BrClN2O/c1-15-8-5-14(6-8)10-2-7(3-12)9(11)4-13-10/h2,4,8H,3,5-6H2,1H3. The SMILES string of the molecule is COC1CN(c2cc(CCl)c(Br)cn2)C1. The minimum absolute atomic E-state index is 0.342. The van der Waals surface area contributed by atoms with Gasteiger partial charge in [-0.1, -0.05) is 0 Å². The molecule has 1 saturated heterocycles. The fraction of sp³-hybridized carbons (Fsp3) is 0.500. The lowest BCUT2D eigenvalue weighted by molar-refractivity contribution is 0.0783. The van der Waals surface area contributed by atoms with Crippen LogP contribution in [0.25, 0.3) is 0 Å². The van der Waals surface area contributed by atoms with Crippen LogP contribution in [0.3, 0.4) is 0 Å². The highest BCUT2D eigenvalue weighted by Crippen LogP contribution is 2.25. The van der Waals surface area contributed by atoms with Crippen molar-refractivity contribution in [1.82, 2.24) is 4.98 Å². The molecule has 0 atom stereocenters. The average Bonchev–Trinajstić information content (AvgIpc) is 2.19. The zero-order valence-corrected chi connectivity index (χ0v) is 10.8. The van der Waals surface area contributed by atoms with Crippen LogP contribution in [-0.4, -0.2) is 31.3 Å². The molecule has 82 valence electrons. The molecule has 0 unspecified atom stereocenters. The van der Waals surface area contributed by atoms with Crippen LogP contribution in [0.4, 0.5) is 5.82 Å². The highest BCUT2D eigenvalue weighted by molar-refractivity contribution is 9.10. The van der Waals surface area contributed by atoms with Crippen molar-refractivity contribution in [2.75, 3.05) is 25.1 Å². The van der Waals surface area contributed by atoms with Crippen molar-refractivity contribution in [2.24, 2.45) is 0 Å². The number of methoxy groups -OCH3 is 1. The van der Waals surface area contributed by atoms with Crippen LogP contribution in [-0.2, 0) is 10.6 Å². The highest BCUT2D eigenvalue weighted by Gasteiger charge is 2.27. The van der Waals surface area contributed by atoms with Gasteiger partial charge in [0, 0.05) is 36.7 Å². The van der Waals surface area contributed by atoms with Crippen LogP contribution in [0.1, 0.15) is 5.56 Å². The summed E-state index contributed by atoms with van der Waals surface area (Å²) in [5.74, 6) is 1.47. The molecule has 2 heterocycles. The van der Waals surface area contributed by atoms with Crippen molar-refractivity contribution in [3.05, 3.63) is 22.3 Å². The summed E-state index contributed by atoms with van der Waals surface area (Å²) in [5.41, 5.74) is 1.07. The lowest BCUT2D eigenvalue weighted by atomic mass is 10.1. The first-order valence-corrected chi connectivity index (χ1v) is 6.05. The zero-order valence-electron chi connectivity index (χ0n) is 8.41. The van der Waals surface area contributed by atoms with Gasteiger partial charge in [0.25, 0.3) is 0 Å². The van der Waals surface area contributed by atoms with E-state index in [4.69, 9.17) is 16.3 Å². The Bertz CT molecular complexity index is 355. The molecular formula is C10H12BrClN2O. The van der Waals surface area contributed by atoms with E-state index in [1.54, 1.807) is 13.3 Å². The van der Waals surface area contributed by atoms with Crippen LogP contribution in [0.2, 0.25) is 0 Å². The normalized spacial score (nSPS) is 16.6. The van der Waals surface area contributed by atoms with Crippen LogP contribution >= 0.6 is 27.5 Å². The van der Waals surface area contributed by atoms with E-state index in [0.29, 0.717) is 12.0 Å². The maximum Gasteiger partial charge on any atom is 0.129 e. The lowest BCUT2D eigenvalue weighted by Crippen LogP contribution is -2.52. The van der Waals surface area contributed by atoms with Gasteiger partial charge < -0.3 is 9.64 Å². The number of hydrogen-bond acceptors (Lipinski definition) is 3. The second kappa shape index (κ2) is 4.68. The molecule has 0 bridgehead atoms. The van der Waals surface area contributed by atoms with E-state index in [9.17, 15) is 0 Å². The fourth-order valence-electron chi connectivity index (χ4n) is 1.52. The fourth-order valence-corrected chi connectivity index (χ4v) is 2.26. The van der Waals surface area contributed by atoms with Crippen molar-refractivity contribution < 1.29 is 4.74 Å². The van der Waals surface area contributed by atoms with Crippen LogP contribution in [0, 0.1) is 0 Å². The summed E-state index contributed by atoms with van der Waals surface area (Å²) in [4.78, 5) is 6.52. The summed E-state index contributed by atoms with van der Waals surface area (Å²) in [5, 5.41) is 0. The van der Waals surface area contributed by atoms with Crippen LogP contribution in [0.5, 0.6) is 0 Å². The molecule has 3 nitrogen and oxygen atoms in total. The van der Waals surface area contributed by atoms with Gasteiger partial charge >= 0.3 is 0 Å². The Labute approximate surface area is 103 Å². The number of rotatable bonds is 3. The number of nitrogens with zero attached hydrogens (tertiary/aromatic N) is 2. The molecule has 0 spiro atoms. The largest absolute Gasteiger partial charge is 0.378 e. The summed E-state index contributed by atoms with van der Waals surface area (Å²) in [6.07, 6.45) is 2.14. The molecule has 1 aliphatic rings. The topological polar surface area (TPSA) is 25.4 Å². The molecule has 0 radical (unpaired) electrons. The van der Waals surface area contributed by atoms with Crippen molar-refractivity contribution in [3.63, 3.8) is 0 Å². The molecule has 0 amide bonds. The highest BCUT2D eigenvalue weighted by atomic mass is 79.9. The summed E-state index contributed by atoms with van der Waals surface area (Å²) in [6.45, 7) is 1.82. The molecule has 1 aliphatic heterocycles. The molecule has 0 aromatic carbocycles. The Morgan fingerprint density at radius 2 is 2.40 bits per heavy atom. The summed E-state index contributed by atoms with van der Waals surface area (Å²) < 4.78 is 6.18. The number of anilines is 1. The first-order valence-electron chi connectivity index (χ1n) is 4.72. The number of hydrogen-bond donors (Lipinski definition) is 0. The minimum Gasteiger partial charge on any atom is -0.378 e. The molecule has 1 fully saturated rings. The Morgan fingerprint density at radius 3 is 3.00 bits per heavy atom. The smallest absolute Gasteiger partial charge is 0.129 e. The van der Waals surface area contributed by atoms with Gasteiger partial charge in [0.1, 0.15) is 5.82 Å². The van der Waals surface area contributed by atoms with Crippen molar-refractivity contribution in [3.8, 4) is 0 Å². The molecular weight excluding hydrogens is 279 g/mol. The molecule has 15 heavy (non-hydrogen) atoms. The quantitative estimate of drug-likeness (QED) is 0.800. The Kier molecular flexibility index (Phi) is 3.49. The summed E-state index contributed by atoms with van der Waals surface area (Å²) in [6, 6.07) is 2.02. The zero-order chi connectivity index (χ0) is 10.8. The third-order valence-corrected chi connectivity index (χ3v) is 3.57. The van der Waals surface area contributed by atoms with Gasteiger partial charge in [-0.25, -0.2) is 4.98 Å². The van der Waals surface area contributed by atoms with E-state index < -0.39 is 0 Å². The monoisotopic (exact) mass is 290 g/mol. The molecule has 2 rings (SSSR count). The first kappa shape index (κ1) is 11.2. The van der Waals surface area contributed by atoms with E-state index in [2.05, 4.69) is 25.8 Å². The maximum absolute atomic E-state index is 5.83. The van der Waals surface area contributed by atoms with Gasteiger partial charge in [0.15, 0.2) is 0 Å². The van der Waals surface area contributed by atoms with E-state index in [-0.39, 0.29) is 0 Å². The van der Waals surface area contributed by atoms with E-state index >= 15 is 0 Å². The summed E-state index contributed by atoms with van der Waals surface area (Å²) >= 11 is 9.24. The van der Waals surface area contributed by atoms with Crippen molar-refractivity contribution in [1.29, 1.82) is 0 Å². The number of pyridine rings is 1. The average molecular weight is 292 g/mol. The van der Waals surface area contributed by atoms with Crippen molar-refractivity contribution >= 4 is 33.3 Å². The Balaban J connectivity index is 2.10. The first-order chi connectivity index (χ1) is 7.24. The number of aromatic nitrogens is 1. The van der Waals surface area contributed by atoms with Gasteiger partial charge in [-0.2, -0.15) is 0 Å². The van der Waals surface area contributed by atoms with Gasteiger partial charge in [-0.15, -0.1) is 11.6 Å². The molecule has 0 N–H and O–H groups in total.